The fourth-order valence-electron chi connectivity index (χ4n) is 10.0. The van der Waals surface area contributed by atoms with E-state index in [1.54, 1.807) is 18.7 Å². The molecule has 6 aliphatic rings. The Morgan fingerprint density at radius 1 is 0.982 bits per heavy atom. The molecule has 14 atom stereocenters. The highest BCUT2D eigenvalue weighted by molar-refractivity contribution is 5.77. The van der Waals surface area contributed by atoms with E-state index in [9.17, 15) is 10.2 Å². The van der Waals surface area contributed by atoms with Crippen LogP contribution in [0.25, 0.3) is 0 Å². The van der Waals surface area contributed by atoms with Crippen LogP contribution in [-0.4, -0.2) is 97.8 Å². The zero-order valence-corrected chi connectivity index (χ0v) is 34.4. The van der Waals surface area contributed by atoms with Crippen molar-refractivity contribution in [1.82, 2.24) is 9.55 Å². The molecule has 14 unspecified atom stereocenters. The van der Waals surface area contributed by atoms with Crippen molar-refractivity contribution in [3.8, 4) is 0 Å². The molecule has 0 saturated carbocycles. The minimum Gasteiger partial charge on any atom is -0.390 e. The molecule has 12 heteroatoms. The van der Waals surface area contributed by atoms with Crippen LogP contribution >= 0.6 is 0 Å². The summed E-state index contributed by atoms with van der Waals surface area (Å²) in [6.45, 7) is 17.1. The highest BCUT2D eigenvalue weighted by Gasteiger charge is 2.58. The summed E-state index contributed by atoms with van der Waals surface area (Å²) < 4.78 is 36.6. The van der Waals surface area contributed by atoms with E-state index in [2.05, 4.69) is 74.7 Å². The quantitative estimate of drug-likeness (QED) is 0.192. The van der Waals surface area contributed by atoms with Crippen molar-refractivity contribution in [1.29, 1.82) is 0 Å². The number of fused-ring (bicyclic) bond motifs is 5. The van der Waals surface area contributed by atoms with Crippen molar-refractivity contribution in [3.63, 3.8) is 0 Å². The number of aromatic nitrogens is 2. The Morgan fingerprint density at radius 3 is 2.52 bits per heavy atom. The van der Waals surface area contributed by atoms with Gasteiger partial charge in [0.2, 0.25) is 0 Å². The third-order valence-electron chi connectivity index (χ3n) is 13.8. The summed E-state index contributed by atoms with van der Waals surface area (Å²) in [7, 11) is 0. The summed E-state index contributed by atoms with van der Waals surface area (Å²) in [6.07, 6.45) is 19.0. The number of hydrogen-bond donors (Lipinski definition) is 4. The summed E-state index contributed by atoms with van der Waals surface area (Å²) in [5.74, 6) is 1.05. The highest BCUT2D eigenvalue weighted by Crippen LogP contribution is 2.49. The molecule has 0 aliphatic carbocycles. The molecule has 0 bridgehead atoms. The number of nitrogens with two attached hydrogens (primary N) is 1. The number of aliphatic imine (C=N–C) groups is 1. The summed E-state index contributed by atoms with van der Waals surface area (Å²) in [5, 5.41) is 26.3. The van der Waals surface area contributed by atoms with Crippen molar-refractivity contribution >= 4 is 12.2 Å². The monoisotopic (exact) mass is 778 g/mol. The van der Waals surface area contributed by atoms with E-state index in [1.165, 1.54) is 11.1 Å². The Labute approximate surface area is 333 Å². The normalized spacial score (nSPS) is 42.9. The van der Waals surface area contributed by atoms with Crippen LogP contribution in [0.2, 0.25) is 0 Å². The van der Waals surface area contributed by atoms with Gasteiger partial charge in [0.1, 0.15) is 18.0 Å². The molecule has 1 aromatic rings. The number of nitrogens with one attached hydrogen (secondary N) is 1. The molecule has 56 heavy (non-hydrogen) atoms. The van der Waals surface area contributed by atoms with Crippen molar-refractivity contribution in [2.75, 3.05) is 5.32 Å². The number of hydrogen-bond acceptors (Lipinski definition) is 11. The molecule has 12 nitrogen and oxygen atoms in total. The Hall–Kier alpha value is -2.68. The zero-order chi connectivity index (χ0) is 39.8. The van der Waals surface area contributed by atoms with Crippen molar-refractivity contribution in [3.05, 3.63) is 60.1 Å². The second-order valence-corrected chi connectivity index (χ2v) is 18.1. The SMILES string of the molecule is C=CC=CCCC1OC2CCC3(C)OC4C(O)CC5(C)OC(CCC=C(C)C(C)=CCn6cnc7c6C(N)N=CN7)C(C)CC5OC4CC3OC2CCC1(C)O. The summed E-state index contributed by atoms with van der Waals surface area (Å²) in [5.41, 5.74) is 7.37. The lowest BCUT2D eigenvalue weighted by molar-refractivity contribution is -0.273. The van der Waals surface area contributed by atoms with Gasteiger partial charge in [-0.05, 0) is 98.3 Å². The zero-order valence-electron chi connectivity index (χ0n) is 34.4. The van der Waals surface area contributed by atoms with Gasteiger partial charge in [0.15, 0.2) is 5.82 Å². The smallest absolute Gasteiger partial charge is 0.156 e. The van der Waals surface area contributed by atoms with E-state index in [0.29, 0.717) is 31.7 Å². The molecule has 7 rings (SSSR count). The molecule has 7 heterocycles. The van der Waals surface area contributed by atoms with Gasteiger partial charge in [0.25, 0.3) is 0 Å². The number of anilines is 1. The first-order valence-corrected chi connectivity index (χ1v) is 21.1. The average molecular weight is 778 g/mol. The molecule has 310 valence electrons. The maximum absolute atomic E-state index is 11.9. The van der Waals surface area contributed by atoms with Crippen molar-refractivity contribution in [2.45, 2.75) is 197 Å². The fourth-order valence-corrected chi connectivity index (χ4v) is 10.0. The Bertz CT molecular complexity index is 1670. The van der Waals surface area contributed by atoms with Gasteiger partial charge in [-0.1, -0.05) is 55.0 Å². The van der Waals surface area contributed by atoms with E-state index >= 15 is 0 Å². The molecule has 0 aromatic carbocycles. The molecule has 6 aliphatic heterocycles. The Kier molecular flexibility index (Phi) is 12.5. The standard InChI is InChI=1S/C44H67N5O7/c1-8-9-10-11-15-35-42(5,51)19-16-32-33(52-35)17-20-43(6)37(53-32)23-34-39(56-43)30(50)24-44(7)36(54-34)22-29(4)31(55-44)14-12-13-27(2)28(3)18-21-49-26-48-41-38(49)40(45)46-25-47-41/h8-10,13,18,25-26,29-37,39-40,50-51H,1,11-12,14-17,19-24,45H2,2-7H3,(H,46,47). The van der Waals surface area contributed by atoms with E-state index in [-0.39, 0.29) is 42.7 Å². The number of rotatable bonds is 10. The van der Waals surface area contributed by atoms with Gasteiger partial charge in [-0.25, -0.2) is 4.98 Å². The van der Waals surface area contributed by atoms with Crippen LogP contribution in [0, 0.1) is 5.92 Å². The van der Waals surface area contributed by atoms with E-state index in [1.807, 2.05) is 17.6 Å². The molecule has 1 aromatic heterocycles. The maximum atomic E-state index is 11.9. The maximum Gasteiger partial charge on any atom is 0.156 e. The van der Waals surface area contributed by atoms with Crippen molar-refractivity contribution in [2.24, 2.45) is 16.6 Å². The van der Waals surface area contributed by atoms with Crippen LogP contribution in [0.5, 0.6) is 0 Å². The van der Waals surface area contributed by atoms with Crippen molar-refractivity contribution < 1.29 is 33.9 Å². The van der Waals surface area contributed by atoms with Gasteiger partial charge in [-0.3, -0.25) is 4.99 Å². The number of imidazole rings is 1. The predicted molar refractivity (Wildman–Crippen MR) is 217 cm³/mol. The fraction of sp³-hybridized carbons (Fsp3) is 0.727. The molecular formula is C44H67N5O7. The lowest BCUT2D eigenvalue weighted by Crippen LogP contribution is -2.59. The number of aliphatic hydroxyl groups excluding tert-OH is 1. The van der Waals surface area contributed by atoms with Crippen LogP contribution < -0.4 is 11.1 Å². The number of ether oxygens (including phenoxy) is 5. The average Bonchev–Trinajstić information content (AvgIpc) is 3.42. The van der Waals surface area contributed by atoms with E-state index < -0.39 is 35.2 Å². The first-order chi connectivity index (χ1) is 26.7. The van der Waals surface area contributed by atoms with Crippen LogP contribution in [0.15, 0.2) is 59.4 Å². The first-order valence-electron chi connectivity index (χ1n) is 21.1. The molecule has 5 fully saturated rings. The Balaban J connectivity index is 0.965. The summed E-state index contributed by atoms with van der Waals surface area (Å²) in [6, 6.07) is 0. The minimum absolute atomic E-state index is 0.0478. The van der Waals surface area contributed by atoms with Gasteiger partial charge in [-0.2, -0.15) is 0 Å². The van der Waals surface area contributed by atoms with Gasteiger partial charge in [-0.15, -0.1) is 0 Å². The largest absolute Gasteiger partial charge is 0.390 e. The lowest BCUT2D eigenvalue weighted by atomic mass is 9.79. The minimum atomic E-state index is -0.931. The molecule has 0 amide bonds. The van der Waals surface area contributed by atoms with Gasteiger partial charge in [0, 0.05) is 19.4 Å². The topological polar surface area (TPSA) is 155 Å². The van der Waals surface area contributed by atoms with Crippen LogP contribution in [-0.2, 0) is 30.2 Å². The third kappa shape index (κ3) is 8.69. The van der Waals surface area contributed by atoms with Gasteiger partial charge < -0.3 is 49.5 Å². The van der Waals surface area contributed by atoms with Gasteiger partial charge >= 0.3 is 0 Å². The Morgan fingerprint density at radius 2 is 1.71 bits per heavy atom. The highest BCUT2D eigenvalue weighted by atomic mass is 16.6. The van der Waals surface area contributed by atoms with Crippen LogP contribution in [0.4, 0.5) is 5.82 Å². The molecular weight excluding hydrogens is 711 g/mol. The summed E-state index contributed by atoms with van der Waals surface area (Å²) in [4.78, 5) is 8.69. The van der Waals surface area contributed by atoms with Gasteiger partial charge in [0.05, 0.1) is 78.3 Å². The first kappa shape index (κ1) is 41.5. The number of allylic oxidation sites excluding steroid dienone is 7. The molecule has 0 radical (unpaired) electrons. The number of aliphatic hydroxyl groups is 2. The molecule has 5 N–H and O–H groups in total. The number of nitrogens with zero attached hydrogens (tertiary/aromatic N) is 3. The second-order valence-electron chi connectivity index (χ2n) is 18.1. The molecule has 0 spiro atoms. The van der Waals surface area contributed by atoms with E-state index in [4.69, 9.17) is 29.4 Å². The summed E-state index contributed by atoms with van der Waals surface area (Å²) >= 11 is 0. The second kappa shape index (κ2) is 16.9. The van der Waals surface area contributed by atoms with Crippen LogP contribution in [0.3, 0.4) is 0 Å². The lowest BCUT2D eigenvalue weighted by Gasteiger charge is -2.49. The predicted octanol–water partition coefficient (Wildman–Crippen LogP) is 6.59. The van der Waals surface area contributed by atoms with Crippen LogP contribution in [0.1, 0.15) is 124 Å². The molecule has 5 saturated heterocycles. The van der Waals surface area contributed by atoms with E-state index in [0.717, 1.165) is 62.9 Å². The third-order valence-corrected chi connectivity index (χ3v) is 13.8.